The molecule has 1 heterocycles. The maximum Gasteiger partial charge on any atom is 0.321 e. The van der Waals surface area contributed by atoms with Crippen LogP contribution in [0.2, 0.25) is 0 Å². The molecule has 1 fully saturated rings. The lowest BCUT2D eigenvalue weighted by molar-refractivity contribution is 0.221. The van der Waals surface area contributed by atoms with Gasteiger partial charge in [-0.3, -0.25) is 0 Å². The number of likely N-dealkylation sites (tertiary alicyclic amines) is 1. The summed E-state index contributed by atoms with van der Waals surface area (Å²) in [4.78, 5) is 13.9. The van der Waals surface area contributed by atoms with Gasteiger partial charge in [-0.25, -0.2) is 4.79 Å². The predicted octanol–water partition coefficient (Wildman–Crippen LogP) is 1.63. The third-order valence-electron chi connectivity index (χ3n) is 3.31. The highest BCUT2D eigenvalue weighted by Gasteiger charge is 2.25. The number of urea groups is 1. The molecule has 2 amide bonds. The molecule has 2 N–H and O–H groups in total. The number of nitrogens with zero attached hydrogens (tertiary/aromatic N) is 2. The Bertz CT molecular complexity index is 494. The van der Waals surface area contributed by atoms with Crippen LogP contribution in [0.25, 0.3) is 0 Å². The van der Waals surface area contributed by atoms with E-state index >= 15 is 0 Å². The number of hydrogen-bond donors (Lipinski definition) is 2. The molecule has 5 nitrogen and oxygen atoms in total. The van der Waals surface area contributed by atoms with Crippen LogP contribution in [0.15, 0.2) is 24.3 Å². The van der Waals surface area contributed by atoms with Crippen molar-refractivity contribution in [3.05, 3.63) is 29.8 Å². The van der Waals surface area contributed by atoms with Gasteiger partial charge in [0, 0.05) is 18.8 Å². The van der Waals surface area contributed by atoms with Gasteiger partial charge in [0.25, 0.3) is 0 Å². The number of hydrogen-bond acceptors (Lipinski definition) is 3. The average Bonchev–Trinajstić information content (AvgIpc) is 2.88. The lowest BCUT2D eigenvalue weighted by Crippen LogP contribution is -2.34. The quantitative estimate of drug-likeness (QED) is 0.866. The van der Waals surface area contributed by atoms with Crippen LogP contribution in [-0.4, -0.2) is 37.6 Å². The number of carbonyl (C=O) groups excluding carboxylic acids is 1. The zero-order valence-corrected chi connectivity index (χ0v) is 11.0. The topological polar surface area (TPSA) is 68.2 Å². The zero-order valence-electron chi connectivity index (χ0n) is 11.0. The van der Waals surface area contributed by atoms with Crippen molar-refractivity contribution in [3.63, 3.8) is 0 Å². The lowest BCUT2D eigenvalue weighted by Gasteiger charge is -2.17. The third-order valence-corrected chi connectivity index (χ3v) is 3.31. The van der Waals surface area contributed by atoms with Crippen LogP contribution in [0.5, 0.6) is 0 Å². The minimum Gasteiger partial charge on any atom is -0.324 e. The summed E-state index contributed by atoms with van der Waals surface area (Å²) >= 11 is 0. The standard InChI is InChI=1S/C14H18N4O/c1-16-9-12-5-6-18(10-12)14(19)17-13-4-2-3-11(7-13)8-15/h2-4,7,12,16H,5-6,9-10H2,1H3,(H,17,19). The fraction of sp³-hybridized carbons (Fsp3) is 0.429. The molecule has 1 aliphatic rings. The number of carbonyl (C=O) groups is 1. The number of amides is 2. The van der Waals surface area contributed by atoms with Gasteiger partial charge in [0.1, 0.15) is 0 Å². The Labute approximate surface area is 113 Å². The minimum atomic E-state index is -0.0892. The maximum absolute atomic E-state index is 12.1. The molecule has 0 bridgehead atoms. The van der Waals surface area contributed by atoms with Crippen LogP contribution in [0.1, 0.15) is 12.0 Å². The summed E-state index contributed by atoms with van der Waals surface area (Å²) in [5.41, 5.74) is 1.22. The first kappa shape index (κ1) is 13.4. The summed E-state index contributed by atoms with van der Waals surface area (Å²) in [5, 5.41) is 14.8. The van der Waals surface area contributed by atoms with Gasteiger partial charge in [-0.15, -0.1) is 0 Å². The molecule has 5 heteroatoms. The predicted molar refractivity (Wildman–Crippen MR) is 73.8 cm³/mol. The van der Waals surface area contributed by atoms with Crippen molar-refractivity contribution in [3.8, 4) is 6.07 Å². The van der Waals surface area contributed by atoms with Crippen LogP contribution in [0, 0.1) is 17.2 Å². The molecule has 1 aliphatic heterocycles. The Kier molecular flexibility index (Phi) is 4.37. The van der Waals surface area contributed by atoms with E-state index in [0.717, 1.165) is 26.1 Å². The van der Waals surface area contributed by atoms with Crippen LogP contribution in [0.4, 0.5) is 10.5 Å². The largest absolute Gasteiger partial charge is 0.324 e. The van der Waals surface area contributed by atoms with Crippen molar-refractivity contribution in [1.29, 1.82) is 5.26 Å². The monoisotopic (exact) mass is 258 g/mol. The molecular formula is C14H18N4O. The van der Waals surface area contributed by atoms with Crippen molar-refractivity contribution in [2.75, 3.05) is 32.0 Å². The van der Waals surface area contributed by atoms with Crippen LogP contribution in [-0.2, 0) is 0 Å². The summed E-state index contributed by atoms with van der Waals surface area (Å²) < 4.78 is 0. The van der Waals surface area contributed by atoms with E-state index in [4.69, 9.17) is 5.26 Å². The Morgan fingerprint density at radius 1 is 1.58 bits per heavy atom. The van der Waals surface area contributed by atoms with E-state index in [0.29, 0.717) is 17.2 Å². The molecule has 0 aliphatic carbocycles. The molecule has 0 radical (unpaired) electrons. The summed E-state index contributed by atoms with van der Waals surface area (Å²) in [6.45, 7) is 2.51. The summed E-state index contributed by atoms with van der Waals surface area (Å²) in [7, 11) is 1.93. The van der Waals surface area contributed by atoms with Gasteiger partial charge < -0.3 is 15.5 Å². The first-order valence-electron chi connectivity index (χ1n) is 6.43. The van der Waals surface area contributed by atoms with E-state index < -0.39 is 0 Å². The first-order valence-corrected chi connectivity index (χ1v) is 6.43. The van der Waals surface area contributed by atoms with Gasteiger partial charge in [-0.05, 0) is 44.1 Å². The van der Waals surface area contributed by atoms with Crippen LogP contribution < -0.4 is 10.6 Å². The molecule has 2 rings (SSSR count). The molecule has 19 heavy (non-hydrogen) atoms. The number of rotatable bonds is 3. The van der Waals surface area contributed by atoms with E-state index in [1.54, 1.807) is 24.3 Å². The van der Waals surface area contributed by atoms with Gasteiger partial charge in [0.2, 0.25) is 0 Å². The summed E-state index contributed by atoms with van der Waals surface area (Å²) in [5.74, 6) is 0.529. The second kappa shape index (κ2) is 6.21. The molecule has 0 saturated carbocycles. The fourth-order valence-electron chi connectivity index (χ4n) is 2.34. The van der Waals surface area contributed by atoms with Crippen LogP contribution >= 0.6 is 0 Å². The second-order valence-corrected chi connectivity index (χ2v) is 4.78. The molecule has 1 atom stereocenters. The number of nitrogens with one attached hydrogen (secondary N) is 2. The molecule has 0 aromatic heterocycles. The van der Waals surface area contributed by atoms with Crippen molar-refractivity contribution in [2.24, 2.45) is 5.92 Å². The number of benzene rings is 1. The average molecular weight is 258 g/mol. The normalized spacial score (nSPS) is 18.1. The third kappa shape index (κ3) is 3.46. The Morgan fingerprint density at radius 2 is 2.42 bits per heavy atom. The zero-order chi connectivity index (χ0) is 13.7. The second-order valence-electron chi connectivity index (χ2n) is 4.78. The Morgan fingerprint density at radius 3 is 3.16 bits per heavy atom. The molecule has 1 saturated heterocycles. The molecule has 100 valence electrons. The fourth-order valence-corrected chi connectivity index (χ4v) is 2.34. The maximum atomic E-state index is 12.1. The summed E-state index contributed by atoms with van der Waals surface area (Å²) in [6, 6.07) is 8.93. The highest BCUT2D eigenvalue weighted by Crippen LogP contribution is 2.17. The van der Waals surface area contributed by atoms with E-state index in [1.165, 1.54) is 0 Å². The molecule has 1 aromatic carbocycles. The van der Waals surface area contributed by atoms with Crippen molar-refractivity contribution in [2.45, 2.75) is 6.42 Å². The van der Waals surface area contributed by atoms with Crippen molar-refractivity contribution >= 4 is 11.7 Å². The Balaban J connectivity index is 1.93. The number of anilines is 1. The van der Waals surface area contributed by atoms with Gasteiger partial charge in [-0.2, -0.15) is 5.26 Å². The van der Waals surface area contributed by atoms with Gasteiger partial charge in [-0.1, -0.05) is 6.07 Å². The summed E-state index contributed by atoms with van der Waals surface area (Å²) in [6.07, 6.45) is 1.03. The number of nitriles is 1. The van der Waals surface area contributed by atoms with Gasteiger partial charge >= 0.3 is 6.03 Å². The lowest BCUT2D eigenvalue weighted by atomic mass is 10.1. The Hall–Kier alpha value is -2.06. The van der Waals surface area contributed by atoms with E-state index in [1.807, 2.05) is 11.9 Å². The van der Waals surface area contributed by atoms with Crippen molar-refractivity contribution < 1.29 is 4.79 Å². The van der Waals surface area contributed by atoms with E-state index in [2.05, 4.69) is 16.7 Å². The molecule has 1 aromatic rings. The minimum absolute atomic E-state index is 0.0892. The smallest absolute Gasteiger partial charge is 0.321 e. The van der Waals surface area contributed by atoms with Crippen molar-refractivity contribution in [1.82, 2.24) is 10.2 Å². The SMILES string of the molecule is CNCC1CCN(C(=O)Nc2cccc(C#N)c2)C1. The first-order chi connectivity index (χ1) is 9.22. The van der Waals surface area contributed by atoms with E-state index in [9.17, 15) is 4.79 Å². The van der Waals surface area contributed by atoms with Gasteiger partial charge in [0.05, 0.1) is 11.6 Å². The molecular weight excluding hydrogens is 240 g/mol. The van der Waals surface area contributed by atoms with E-state index in [-0.39, 0.29) is 6.03 Å². The molecule has 1 unspecified atom stereocenters. The van der Waals surface area contributed by atoms with Crippen LogP contribution in [0.3, 0.4) is 0 Å². The highest BCUT2D eigenvalue weighted by molar-refractivity contribution is 5.89. The van der Waals surface area contributed by atoms with Gasteiger partial charge in [0.15, 0.2) is 0 Å². The molecule has 0 spiro atoms. The highest BCUT2D eigenvalue weighted by atomic mass is 16.2.